The molecule has 0 aliphatic carbocycles. The Morgan fingerprint density at radius 3 is 2.69 bits per heavy atom. The Morgan fingerprint density at radius 2 is 2.06 bits per heavy atom. The summed E-state index contributed by atoms with van der Waals surface area (Å²) in [6.07, 6.45) is 4.79. The molecule has 0 spiro atoms. The molecule has 1 heterocycles. The molecule has 3 nitrogen and oxygen atoms in total. The second kappa shape index (κ2) is 5.35. The van der Waals surface area contributed by atoms with Gasteiger partial charge in [0.2, 0.25) is 0 Å². The fourth-order valence-electron chi connectivity index (χ4n) is 1.49. The lowest BCUT2D eigenvalue weighted by atomic mass is 10.2. The summed E-state index contributed by atoms with van der Waals surface area (Å²) in [6, 6.07) is 10.1. The van der Waals surface area contributed by atoms with Crippen molar-refractivity contribution in [3.63, 3.8) is 0 Å². The number of aromatic nitrogens is 2. The third kappa shape index (κ3) is 2.86. The molecule has 2 rings (SSSR count). The Bertz CT molecular complexity index is 406. The molecule has 0 unspecified atom stereocenters. The minimum absolute atomic E-state index is 0.776. The van der Waals surface area contributed by atoms with E-state index in [-0.39, 0.29) is 0 Å². The van der Waals surface area contributed by atoms with Crippen LogP contribution in [0.2, 0.25) is 0 Å². The maximum absolute atomic E-state index is 5.52. The van der Waals surface area contributed by atoms with Crippen molar-refractivity contribution in [3.05, 3.63) is 48.3 Å². The molecule has 0 saturated carbocycles. The molecule has 0 atom stereocenters. The van der Waals surface area contributed by atoms with E-state index in [1.165, 1.54) is 5.56 Å². The fourth-order valence-corrected chi connectivity index (χ4v) is 1.49. The number of benzene rings is 1. The summed E-state index contributed by atoms with van der Waals surface area (Å²) in [6.45, 7) is 3.69. The van der Waals surface area contributed by atoms with Crippen molar-refractivity contribution in [2.24, 2.45) is 0 Å². The van der Waals surface area contributed by atoms with Crippen molar-refractivity contribution in [2.45, 2.75) is 19.9 Å². The molecule has 0 N–H and O–H groups in total. The van der Waals surface area contributed by atoms with Gasteiger partial charge in [0, 0.05) is 12.4 Å². The Morgan fingerprint density at radius 1 is 1.25 bits per heavy atom. The van der Waals surface area contributed by atoms with Gasteiger partial charge in [-0.1, -0.05) is 19.1 Å². The second-order valence-corrected chi connectivity index (χ2v) is 3.70. The van der Waals surface area contributed by atoms with Gasteiger partial charge in [-0.25, -0.2) is 0 Å². The van der Waals surface area contributed by atoms with Crippen molar-refractivity contribution in [1.82, 2.24) is 9.78 Å². The predicted molar refractivity (Wildman–Crippen MR) is 63.6 cm³/mol. The lowest BCUT2D eigenvalue weighted by Crippen LogP contribution is -2.00. The molecule has 84 valence electrons. The summed E-state index contributed by atoms with van der Waals surface area (Å²) in [5.74, 6) is 0.936. The summed E-state index contributed by atoms with van der Waals surface area (Å²) >= 11 is 0. The Labute approximate surface area is 95.7 Å². The van der Waals surface area contributed by atoms with E-state index in [9.17, 15) is 0 Å². The predicted octanol–water partition coefficient (Wildman–Crippen LogP) is 2.72. The lowest BCUT2D eigenvalue weighted by molar-refractivity contribution is 0.317. The van der Waals surface area contributed by atoms with Crippen LogP contribution in [0.1, 0.15) is 18.9 Å². The van der Waals surface area contributed by atoms with Crippen molar-refractivity contribution >= 4 is 0 Å². The van der Waals surface area contributed by atoms with Gasteiger partial charge in [0.1, 0.15) is 5.75 Å². The standard InChI is InChI=1S/C13H16N2O/c1-2-10-16-13-6-4-12(5-7-13)11-15-9-3-8-14-15/h3-9H,2,10-11H2,1H3. The van der Waals surface area contributed by atoms with Crippen LogP contribution in [0.25, 0.3) is 0 Å². The van der Waals surface area contributed by atoms with E-state index < -0.39 is 0 Å². The molecule has 16 heavy (non-hydrogen) atoms. The fraction of sp³-hybridized carbons (Fsp3) is 0.308. The van der Waals surface area contributed by atoms with Gasteiger partial charge < -0.3 is 4.74 Å². The molecular weight excluding hydrogens is 200 g/mol. The van der Waals surface area contributed by atoms with E-state index in [1.807, 2.05) is 29.1 Å². The molecule has 0 aliphatic rings. The largest absolute Gasteiger partial charge is 0.494 e. The van der Waals surface area contributed by atoms with Gasteiger partial charge in [-0.05, 0) is 30.2 Å². The Balaban J connectivity index is 1.96. The van der Waals surface area contributed by atoms with Gasteiger partial charge in [-0.15, -0.1) is 0 Å². The van der Waals surface area contributed by atoms with E-state index in [2.05, 4.69) is 24.2 Å². The molecule has 3 heteroatoms. The normalized spacial score (nSPS) is 10.3. The summed E-state index contributed by atoms with van der Waals surface area (Å²) in [4.78, 5) is 0. The maximum atomic E-state index is 5.52. The third-order valence-corrected chi connectivity index (χ3v) is 2.30. The van der Waals surface area contributed by atoms with Gasteiger partial charge in [0.15, 0.2) is 0 Å². The van der Waals surface area contributed by atoms with Crippen LogP contribution in [0.5, 0.6) is 5.75 Å². The highest BCUT2D eigenvalue weighted by Gasteiger charge is 1.96. The number of hydrogen-bond donors (Lipinski definition) is 0. The molecule has 1 aromatic carbocycles. The van der Waals surface area contributed by atoms with Crippen LogP contribution in [-0.2, 0) is 6.54 Å². The number of hydrogen-bond acceptors (Lipinski definition) is 2. The molecule has 0 amide bonds. The van der Waals surface area contributed by atoms with E-state index in [0.29, 0.717) is 0 Å². The summed E-state index contributed by atoms with van der Waals surface area (Å²) in [5.41, 5.74) is 1.23. The van der Waals surface area contributed by atoms with Crippen molar-refractivity contribution in [2.75, 3.05) is 6.61 Å². The molecule has 0 fully saturated rings. The van der Waals surface area contributed by atoms with Crippen LogP contribution < -0.4 is 4.74 Å². The molecule has 2 aromatic rings. The van der Waals surface area contributed by atoms with E-state index in [4.69, 9.17) is 4.74 Å². The molecule has 0 radical (unpaired) electrons. The van der Waals surface area contributed by atoms with Crippen molar-refractivity contribution in [3.8, 4) is 5.75 Å². The lowest BCUT2D eigenvalue weighted by Gasteiger charge is -2.06. The van der Waals surface area contributed by atoms with Gasteiger partial charge in [0.25, 0.3) is 0 Å². The average Bonchev–Trinajstić information content (AvgIpc) is 2.81. The summed E-state index contributed by atoms with van der Waals surface area (Å²) in [7, 11) is 0. The van der Waals surface area contributed by atoms with Crippen LogP contribution >= 0.6 is 0 Å². The SMILES string of the molecule is CCCOc1ccc(Cn2cccn2)cc1. The maximum Gasteiger partial charge on any atom is 0.119 e. The van der Waals surface area contributed by atoms with E-state index in [0.717, 1.165) is 25.3 Å². The molecule has 0 saturated heterocycles. The van der Waals surface area contributed by atoms with Gasteiger partial charge >= 0.3 is 0 Å². The Hall–Kier alpha value is -1.77. The first-order valence-corrected chi connectivity index (χ1v) is 5.57. The van der Waals surface area contributed by atoms with Crippen LogP contribution in [0.15, 0.2) is 42.7 Å². The number of ether oxygens (including phenoxy) is 1. The van der Waals surface area contributed by atoms with Gasteiger partial charge in [-0.2, -0.15) is 5.10 Å². The number of rotatable bonds is 5. The topological polar surface area (TPSA) is 27.1 Å². The minimum Gasteiger partial charge on any atom is -0.494 e. The zero-order valence-corrected chi connectivity index (χ0v) is 9.47. The van der Waals surface area contributed by atoms with Crippen molar-refractivity contribution in [1.29, 1.82) is 0 Å². The second-order valence-electron chi connectivity index (χ2n) is 3.70. The van der Waals surface area contributed by atoms with E-state index in [1.54, 1.807) is 6.20 Å². The monoisotopic (exact) mass is 216 g/mol. The van der Waals surface area contributed by atoms with Gasteiger partial charge in [0.05, 0.1) is 13.2 Å². The Kier molecular flexibility index (Phi) is 3.59. The number of nitrogens with zero attached hydrogens (tertiary/aromatic N) is 2. The summed E-state index contributed by atoms with van der Waals surface area (Å²) < 4.78 is 7.43. The minimum atomic E-state index is 0.776. The smallest absolute Gasteiger partial charge is 0.119 e. The zero-order valence-electron chi connectivity index (χ0n) is 9.47. The van der Waals surface area contributed by atoms with Crippen molar-refractivity contribution < 1.29 is 4.74 Å². The van der Waals surface area contributed by atoms with Crippen LogP contribution in [0.3, 0.4) is 0 Å². The highest BCUT2D eigenvalue weighted by molar-refractivity contribution is 5.27. The summed E-state index contributed by atoms with van der Waals surface area (Å²) in [5, 5.41) is 4.17. The van der Waals surface area contributed by atoms with Crippen LogP contribution in [0, 0.1) is 0 Å². The first kappa shape index (κ1) is 10.7. The zero-order chi connectivity index (χ0) is 11.2. The van der Waals surface area contributed by atoms with E-state index >= 15 is 0 Å². The first-order valence-electron chi connectivity index (χ1n) is 5.57. The third-order valence-electron chi connectivity index (χ3n) is 2.30. The van der Waals surface area contributed by atoms with Gasteiger partial charge in [-0.3, -0.25) is 4.68 Å². The van der Waals surface area contributed by atoms with Crippen LogP contribution in [0.4, 0.5) is 0 Å². The first-order chi connectivity index (χ1) is 7.88. The van der Waals surface area contributed by atoms with Crippen LogP contribution in [-0.4, -0.2) is 16.4 Å². The molecule has 0 aliphatic heterocycles. The molecule has 0 bridgehead atoms. The highest BCUT2D eigenvalue weighted by Crippen LogP contribution is 2.13. The average molecular weight is 216 g/mol. The molecule has 1 aromatic heterocycles. The quantitative estimate of drug-likeness (QED) is 0.768. The highest BCUT2D eigenvalue weighted by atomic mass is 16.5. The molecular formula is C13H16N2O.